The summed E-state index contributed by atoms with van der Waals surface area (Å²) in [7, 11) is 0. The summed E-state index contributed by atoms with van der Waals surface area (Å²) in [5, 5.41) is 0. The van der Waals surface area contributed by atoms with E-state index in [0.717, 1.165) is 50.4 Å². The Kier molecular flexibility index (Phi) is 15.4. The van der Waals surface area contributed by atoms with E-state index in [9.17, 15) is 0 Å². The Bertz CT molecular complexity index is 2280. The van der Waals surface area contributed by atoms with Gasteiger partial charge in [-0.2, -0.15) is 0 Å². The van der Waals surface area contributed by atoms with E-state index in [4.69, 9.17) is 0 Å². The highest BCUT2D eigenvalue weighted by atomic mass is 14.3. The minimum absolute atomic E-state index is 0.903. The van der Waals surface area contributed by atoms with Crippen LogP contribution in [0.5, 0.6) is 0 Å². The van der Waals surface area contributed by atoms with Crippen LogP contribution < -0.4 is 0 Å². The number of aryl methyl sites for hydroxylation is 3. The van der Waals surface area contributed by atoms with Gasteiger partial charge in [0.15, 0.2) is 0 Å². The first-order valence-corrected chi connectivity index (χ1v) is 22.9. The van der Waals surface area contributed by atoms with E-state index in [1.165, 1.54) is 116 Å². The summed E-state index contributed by atoms with van der Waals surface area (Å²) in [5.41, 5.74) is 19.4. The first-order valence-electron chi connectivity index (χ1n) is 22.9. The molecule has 1 aliphatic rings. The molecular formula is C60H66. The lowest BCUT2D eigenvalue weighted by Gasteiger charge is -2.27. The Morgan fingerprint density at radius 3 is 0.750 bits per heavy atom. The number of hydrogen-bond donors (Lipinski definition) is 0. The van der Waals surface area contributed by atoms with Crippen molar-refractivity contribution in [2.24, 2.45) is 11.8 Å². The molecule has 8 rings (SSSR count). The van der Waals surface area contributed by atoms with E-state index in [0.29, 0.717) is 0 Å². The molecule has 0 bridgehead atoms. The minimum Gasteiger partial charge on any atom is -0.0651 e. The van der Waals surface area contributed by atoms with E-state index < -0.39 is 0 Å². The van der Waals surface area contributed by atoms with Crippen LogP contribution in [0.15, 0.2) is 170 Å². The second-order valence-electron chi connectivity index (χ2n) is 17.8. The van der Waals surface area contributed by atoms with Gasteiger partial charge < -0.3 is 0 Å². The number of rotatable bonds is 14. The van der Waals surface area contributed by atoms with Crippen molar-refractivity contribution in [1.82, 2.24) is 0 Å². The van der Waals surface area contributed by atoms with Crippen molar-refractivity contribution in [2.45, 2.75) is 105 Å². The zero-order chi connectivity index (χ0) is 41.5. The maximum absolute atomic E-state index is 2.37. The fourth-order valence-electron chi connectivity index (χ4n) is 8.78. The van der Waals surface area contributed by atoms with E-state index in [1.54, 1.807) is 0 Å². The Morgan fingerprint density at radius 1 is 0.283 bits per heavy atom. The predicted molar refractivity (Wildman–Crippen MR) is 257 cm³/mol. The molecule has 0 atom stereocenters. The second-order valence-corrected chi connectivity index (χ2v) is 17.8. The molecule has 7 aromatic carbocycles. The molecule has 0 aliphatic heterocycles. The van der Waals surface area contributed by atoms with Crippen molar-refractivity contribution >= 4 is 0 Å². The average Bonchev–Trinajstić information content (AvgIpc) is 3.29. The second kappa shape index (κ2) is 21.7. The highest BCUT2D eigenvalue weighted by Crippen LogP contribution is 2.32. The van der Waals surface area contributed by atoms with Gasteiger partial charge in [0, 0.05) is 0 Å². The number of benzene rings is 7. The standard InChI is InChI=1S/C30H36.C30H30/c2*1-3-24-8-10-26(11-9-24)21-28-16-18-30(19-17-28)22-29-14-12-27(13-15-29)20-25-6-4-23(2)5-7-25/h4-7,12-19,24,26H,3,8-11,20-22H2,1-2H3;4-19H,3,20-22H2,1-2H3. The summed E-state index contributed by atoms with van der Waals surface area (Å²) in [6.45, 7) is 8.82. The molecule has 1 fully saturated rings. The van der Waals surface area contributed by atoms with Crippen molar-refractivity contribution in [1.29, 1.82) is 0 Å². The van der Waals surface area contributed by atoms with Crippen LogP contribution in [0.2, 0.25) is 0 Å². The van der Waals surface area contributed by atoms with Gasteiger partial charge in [-0.25, -0.2) is 0 Å². The molecule has 0 aromatic heterocycles. The Balaban J connectivity index is 0.000000181. The largest absolute Gasteiger partial charge is 0.0651 e. The molecule has 0 nitrogen and oxygen atoms in total. The van der Waals surface area contributed by atoms with Gasteiger partial charge in [0.05, 0.1) is 0 Å². The van der Waals surface area contributed by atoms with Crippen LogP contribution in [-0.2, 0) is 44.9 Å². The van der Waals surface area contributed by atoms with Gasteiger partial charge in [-0.15, -0.1) is 0 Å². The van der Waals surface area contributed by atoms with Crippen molar-refractivity contribution in [3.8, 4) is 0 Å². The number of hydrogen-bond acceptors (Lipinski definition) is 0. The monoisotopic (exact) mass is 787 g/mol. The summed E-state index contributed by atoms with van der Waals surface area (Å²) in [6.07, 6.45) is 14.5. The first-order chi connectivity index (χ1) is 29.3. The molecule has 0 spiro atoms. The van der Waals surface area contributed by atoms with Gasteiger partial charge in [0.1, 0.15) is 0 Å². The SMILES string of the molecule is CCC1CCC(Cc2ccc(Cc3ccc(Cc4ccc(C)cc4)cc3)cc2)CC1.CCc1ccc(Cc2ccc(Cc3ccc(Cc4ccc(C)cc4)cc3)cc2)cc1. The summed E-state index contributed by atoms with van der Waals surface area (Å²) >= 11 is 0. The highest BCUT2D eigenvalue weighted by Gasteiger charge is 2.20. The molecule has 0 unspecified atom stereocenters. The third-order valence-electron chi connectivity index (χ3n) is 12.9. The van der Waals surface area contributed by atoms with Crippen LogP contribution in [0.4, 0.5) is 0 Å². The lowest BCUT2D eigenvalue weighted by Crippen LogP contribution is -2.15. The predicted octanol–water partition coefficient (Wildman–Crippen LogP) is 15.3. The molecule has 0 radical (unpaired) electrons. The van der Waals surface area contributed by atoms with E-state index in [2.05, 4.69) is 198 Å². The maximum Gasteiger partial charge on any atom is -0.00258 e. The van der Waals surface area contributed by atoms with Crippen molar-refractivity contribution in [2.75, 3.05) is 0 Å². The molecule has 306 valence electrons. The van der Waals surface area contributed by atoms with Gasteiger partial charge >= 0.3 is 0 Å². The molecular weight excluding hydrogens is 721 g/mol. The van der Waals surface area contributed by atoms with Crippen molar-refractivity contribution < 1.29 is 0 Å². The van der Waals surface area contributed by atoms with Crippen LogP contribution in [0, 0.1) is 25.7 Å². The summed E-state index contributed by atoms with van der Waals surface area (Å²) in [4.78, 5) is 0. The molecule has 60 heavy (non-hydrogen) atoms. The van der Waals surface area contributed by atoms with Gasteiger partial charge in [0.25, 0.3) is 0 Å². The van der Waals surface area contributed by atoms with Gasteiger partial charge in [-0.1, -0.05) is 214 Å². The highest BCUT2D eigenvalue weighted by molar-refractivity contribution is 5.36. The molecule has 1 saturated carbocycles. The topological polar surface area (TPSA) is 0 Å². The van der Waals surface area contributed by atoms with Crippen molar-refractivity contribution in [3.63, 3.8) is 0 Å². The zero-order valence-corrected chi connectivity index (χ0v) is 36.8. The van der Waals surface area contributed by atoms with Crippen LogP contribution in [0.3, 0.4) is 0 Å². The molecule has 0 N–H and O–H groups in total. The zero-order valence-electron chi connectivity index (χ0n) is 36.8. The fourth-order valence-corrected chi connectivity index (χ4v) is 8.78. The smallest absolute Gasteiger partial charge is 0.00258 e. The van der Waals surface area contributed by atoms with Gasteiger partial charge in [0.2, 0.25) is 0 Å². The first kappa shape index (κ1) is 42.7. The molecule has 0 heteroatoms. The Morgan fingerprint density at radius 2 is 0.500 bits per heavy atom. The lowest BCUT2D eigenvalue weighted by atomic mass is 9.78. The van der Waals surface area contributed by atoms with E-state index in [1.807, 2.05) is 0 Å². The Labute approximate surface area is 362 Å². The third-order valence-corrected chi connectivity index (χ3v) is 12.9. The molecule has 0 amide bonds. The average molecular weight is 787 g/mol. The quantitative estimate of drug-likeness (QED) is 0.103. The lowest BCUT2D eigenvalue weighted by molar-refractivity contribution is 0.268. The van der Waals surface area contributed by atoms with Gasteiger partial charge in [-0.05, 0) is 150 Å². The Hall–Kier alpha value is -5.46. The van der Waals surface area contributed by atoms with E-state index in [-0.39, 0.29) is 0 Å². The summed E-state index contributed by atoms with van der Waals surface area (Å²) < 4.78 is 0. The minimum atomic E-state index is 0.903. The van der Waals surface area contributed by atoms with Gasteiger partial charge in [-0.3, -0.25) is 0 Å². The van der Waals surface area contributed by atoms with Crippen LogP contribution in [0.1, 0.15) is 124 Å². The normalized spacial score (nSPS) is 14.9. The van der Waals surface area contributed by atoms with Crippen molar-refractivity contribution in [3.05, 3.63) is 248 Å². The fraction of sp³-hybridized carbons (Fsp3) is 0.300. The van der Waals surface area contributed by atoms with Crippen LogP contribution in [-0.4, -0.2) is 0 Å². The molecule has 1 aliphatic carbocycles. The van der Waals surface area contributed by atoms with Crippen LogP contribution in [0.25, 0.3) is 0 Å². The molecule has 0 saturated heterocycles. The summed E-state index contributed by atoms with van der Waals surface area (Å²) in [5.74, 6) is 1.90. The maximum atomic E-state index is 2.37. The third kappa shape index (κ3) is 13.3. The summed E-state index contributed by atoms with van der Waals surface area (Å²) in [6, 6.07) is 63.4. The van der Waals surface area contributed by atoms with E-state index >= 15 is 0 Å². The molecule has 0 heterocycles. The molecule has 7 aromatic rings. The van der Waals surface area contributed by atoms with Crippen LogP contribution >= 0.6 is 0 Å².